The van der Waals surface area contributed by atoms with Gasteiger partial charge >= 0.3 is 5.97 Å². The van der Waals surface area contributed by atoms with Crippen molar-refractivity contribution in [2.75, 3.05) is 14.2 Å². The highest BCUT2D eigenvalue weighted by Gasteiger charge is 2.30. The first-order valence-electron chi connectivity index (χ1n) is 5.33. The van der Waals surface area contributed by atoms with Crippen LogP contribution in [0.15, 0.2) is 36.7 Å². The number of nitrogens with zero attached hydrogens (tertiary/aromatic N) is 1. The maximum Gasteiger partial charge on any atom is 0.333 e. The molecule has 19 heavy (non-hydrogen) atoms. The molecule has 102 valence electrons. The van der Waals surface area contributed by atoms with Gasteiger partial charge in [-0.2, -0.15) is 0 Å². The summed E-state index contributed by atoms with van der Waals surface area (Å²) in [5.41, 5.74) is 0.427. The van der Waals surface area contributed by atoms with E-state index in [2.05, 4.69) is 11.3 Å². The van der Waals surface area contributed by atoms with E-state index in [0.29, 0.717) is 10.6 Å². The van der Waals surface area contributed by atoms with Gasteiger partial charge < -0.3 is 9.64 Å². The second kappa shape index (κ2) is 6.33. The van der Waals surface area contributed by atoms with Crippen molar-refractivity contribution in [3.8, 4) is 0 Å². The topological polar surface area (TPSA) is 46.6 Å². The van der Waals surface area contributed by atoms with E-state index in [9.17, 15) is 14.0 Å². The molecule has 1 unspecified atom stereocenters. The number of likely N-dealkylation sites (N-methyl/N-ethyl adjacent to an activating group) is 1. The molecule has 1 aromatic rings. The number of esters is 1. The number of rotatable bonds is 4. The highest BCUT2D eigenvalue weighted by molar-refractivity contribution is 6.30. The number of methoxy groups -OCH3 is 1. The lowest BCUT2D eigenvalue weighted by molar-refractivity contribution is -0.151. The summed E-state index contributed by atoms with van der Waals surface area (Å²) in [5, 5.41) is 0.395. The third kappa shape index (κ3) is 3.54. The molecule has 6 heteroatoms. The van der Waals surface area contributed by atoms with Crippen LogP contribution < -0.4 is 0 Å². The number of hydrogen-bond donors (Lipinski definition) is 0. The Labute approximate surface area is 115 Å². The second-order valence-corrected chi connectivity index (χ2v) is 4.24. The summed E-state index contributed by atoms with van der Waals surface area (Å²) >= 11 is 5.84. The summed E-state index contributed by atoms with van der Waals surface area (Å²) in [6, 6.07) is 5.26. The Morgan fingerprint density at radius 1 is 1.47 bits per heavy atom. The predicted octanol–water partition coefficient (Wildman–Crippen LogP) is 2.50. The van der Waals surface area contributed by atoms with Crippen molar-refractivity contribution in [2.45, 2.75) is 6.04 Å². The third-order valence-electron chi connectivity index (χ3n) is 2.53. The number of carbonyl (C=O) groups excluding carboxylic acids is 2. The summed E-state index contributed by atoms with van der Waals surface area (Å²) < 4.78 is 17.5. The van der Waals surface area contributed by atoms with Crippen molar-refractivity contribution in [1.82, 2.24) is 4.90 Å². The third-order valence-corrected chi connectivity index (χ3v) is 2.76. The first-order chi connectivity index (χ1) is 8.88. The molecule has 1 amide bonds. The van der Waals surface area contributed by atoms with E-state index < -0.39 is 23.7 Å². The van der Waals surface area contributed by atoms with Crippen LogP contribution in [0.5, 0.6) is 0 Å². The van der Waals surface area contributed by atoms with Crippen LogP contribution in [0.3, 0.4) is 0 Å². The van der Waals surface area contributed by atoms with Crippen LogP contribution >= 0.6 is 11.6 Å². The van der Waals surface area contributed by atoms with Gasteiger partial charge in [0.25, 0.3) is 5.91 Å². The van der Waals surface area contributed by atoms with Gasteiger partial charge in [-0.1, -0.05) is 30.3 Å². The number of ether oxygens (including phenoxy) is 1. The van der Waals surface area contributed by atoms with Gasteiger partial charge in [0.15, 0.2) is 11.9 Å². The minimum absolute atomic E-state index is 0.395. The molecule has 0 spiro atoms. The molecular weight excluding hydrogens is 273 g/mol. The highest BCUT2D eigenvalue weighted by atomic mass is 35.5. The first-order valence-corrected chi connectivity index (χ1v) is 5.71. The van der Waals surface area contributed by atoms with E-state index in [4.69, 9.17) is 11.6 Å². The molecular formula is C13H13ClFNO3. The molecule has 0 saturated carbocycles. The van der Waals surface area contributed by atoms with Crippen molar-refractivity contribution >= 4 is 23.5 Å². The average molecular weight is 286 g/mol. The Balaban J connectivity index is 3.19. The van der Waals surface area contributed by atoms with E-state index in [-0.39, 0.29) is 0 Å². The van der Waals surface area contributed by atoms with E-state index in [1.807, 2.05) is 0 Å². The molecule has 0 N–H and O–H groups in total. The lowest BCUT2D eigenvalue weighted by Crippen LogP contribution is -2.36. The van der Waals surface area contributed by atoms with E-state index in [1.165, 1.54) is 20.2 Å². The van der Waals surface area contributed by atoms with Gasteiger partial charge in [0.1, 0.15) is 0 Å². The average Bonchev–Trinajstić information content (AvgIpc) is 2.37. The molecule has 1 rings (SSSR count). The van der Waals surface area contributed by atoms with Gasteiger partial charge in [0.2, 0.25) is 0 Å². The van der Waals surface area contributed by atoms with Gasteiger partial charge in [-0.15, -0.1) is 0 Å². The van der Waals surface area contributed by atoms with E-state index in [1.54, 1.807) is 18.2 Å². The maximum atomic E-state index is 12.9. The molecule has 0 saturated heterocycles. The zero-order chi connectivity index (χ0) is 14.6. The fraction of sp³-hybridized carbons (Fsp3) is 0.231. The van der Waals surface area contributed by atoms with E-state index >= 15 is 0 Å². The molecule has 0 aliphatic carbocycles. The van der Waals surface area contributed by atoms with Crippen molar-refractivity contribution < 1.29 is 18.7 Å². The Kier molecular flexibility index (Phi) is 5.06. The summed E-state index contributed by atoms with van der Waals surface area (Å²) in [7, 11) is 2.47. The zero-order valence-electron chi connectivity index (χ0n) is 10.5. The second-order valence-electron chi connectivity index (χ2n) is 3.80. The molecule has 1 atom stereocenters. The standard InChI is InChI=1S/C13H13ClFNO3/c1-8(15)12(17)16(2)11(13(18)19-3)9-5-4-6-10(14)7-9/h4-7,11H,1H2,2-3H3. The summed E-state index contributed by atoms with van der Waals surface area (Å²) in [6.45, 7) is 2.92. The van der Waals surface area contributed by atoms with Crippen LogP contribution in [0.25, 0.3) is 0 Å². The molecule has 1 aromatic carbocycles. The van der Waals surface area contributed by atoms with Gasteiger partial charge in [-0.05, 0) is 17.7 Å². The van der Waals surface area contributed by atoms with Crippen LogP contribution in [0.1, 0.15) is 11.6 Å². The summed E-state index contributed by atoms with van der Waals surface area (Å²) in [4.78, 5) is 24.3. The molecule has 0 aromatic heterocycles. The number of halogens is 2. The predicted molar refractivity (Wildman–Crippen MR) is 69.2 cm³/mol. The van der Waals surface area contributed by atoms with Crippen LogP contribution in [-0.2, 0) is 14.3 Å². The minimum Gasteiger partial charge on any atom is -0.467 e. The van der Waals surface area contributed by atoms with Crippen LogP contribution in [0.2, 0.25) is 5.02 Å². The van der Waals surface area contributed by atoms with Crippen LogP contribution in [0.4, 0.5) is 4.39 Å². The normalized spacial score (nSPS) is 11.6. The molecule has 4 nitrogen and oxygen atoms in total. The fourth-order valence-corrected chi connectivity index (χ4v) is 1.81. The molecule has 0 bridgehead atoms. The number of amides is 1. The number of benzene rings is 1. The SMILES string of the molecule is C=C(F)C(=O)N(C)C(C(=O)OC)c1cccc(Cl)c1. The Hall–Kier alpha value is -1.88. The van der Waals surface area contributed by atoms with Crippen molar-refractivity contribution in [3.05, 3.63) is 47.3 Å². The Morgan fingerprint density at radius 3 is 2.58 bits per heavy atom. The monoisotopic (exact) mass is 285 g/mol. The zero-order valence-corrected chi connectivity index (χ0v) is 11.3. The van der Waals surface area contributed by atoms with Crippen LogP contribution in [-0.4, -0.2) is 30.9 Å². The van der Waals surface area contributed by atoms with Crippen LogP contribution in [0, 0.1) is 0 Å². The van der Waals surface area contributed by atoms with Gasteiger partial charge in [-0.25, -0.2) is 9.18 Å². The summed E-state index contributed by atoms with van der Waals surface area (Å²) in [5.74, 6) is -2.84. The van der Waals surface area contributed by atoms with Crippen molar-refractivity contribution in [2.24, 2.45) is 0 Å². The highest BCUT2D eigenvalue weighted by Crippen LogP contribution is 2.24. The largest absolute Gasteiger partial charge is 0.467 e. The molecule has 0 heterocycles. The molecule has 0 aliphatic rings. The van der Waals surface area contributed by atoms with E-state index in [0.717, 1.165) is 4.90 Å². The lowest BCUT2D eigenvalue weighted by atomic mass is 10.1. The quantitative estimate of drug-likeness (QED) is 0.631. The summed E-state index contributed by atoms with van der Waals surface area (Å²) in [6.07, 6.45) is 0. The number of hydrogen-bond acceptors (Lipinski definition) is 3. The smallest absolute Gasteiger partial charge is 0.333 e. The Bertz CT molecular complexity index is 518. The van der Waals surface area contributed by atoms with Gasteiger partial charge in [0, 0.05) is 12.1 Å². The first kappa shape index (κ1) is 15.2. The molecule has 0 aliphatic heterocycles. The van der Waals surface area contributed by atoms with Crippen molar-refractivity contribution in [3.63, 3.8) is 0 Å². The Morgan fingerprint density at radius 2 is 2.11 bits per heavy atom. The molecule has 0 fully saturated rings. The van der Waals surface area contributed by atoms with Crippen molar-refractivity contribution in [1.29, 1.82) is 0 Å². The maximum absolute atomic E-state index is 12.9. The lowest BCUT2D eigenvalue weighted by Gasteiger charge is -2.25. The number of carbonyl (C=O) groups is 2. The van der Waals surface area contributed by atoms with Gasteiger partial charge in [-0.3, -0.25) is 4.79 Å². The fourth-order valence-electron chi connectivity index (χ4n) is 1.61. The molecule has 0 radical (unpaired) electrons. The van der Waals surface area contributed by atoms with Gasteiger partial charge in [0.05, 0.1) is 7.11 Å². The minimum atomic E-state index is -1.15.